The minimum Gasteiger partial charge on any atom is -0.449 e. The first-order valence-electron chi connectivity index (χ1n) is 11.0. The first-order chi connectivity index (χ1) is 15.1. The zero-order valence-corrected chi connectivity index (χ0v) is 17.9. The van der Waals surface area contributed by atoms with Crippen LogP contribution in [0.4, 0.5) is 5.69 Å². The summed E-state index contributed by atoms with van der Waals surface area (Å²) < 4.78 is 5.77. The summed E-state index contributed by atoms with van der Waals surface area (Å²) in [6.45, 7) is 5.07. The lowest BCUT2D eigenvalue weighted by atomic mass is 10.0. The van der Waals surface area contributed by atoms with Gasteiger partial charge in [-0.25, -0.2) is 0 Å². The Bertz CT molecular complexity index is 971. The first kappa shape index (κ1) is 21.1. The van der Waals surface area contributed by atoms with E-state index in [-0.39, 0.29) is 17.6 Å². The van der Waals surface area contributed by atoms with Crippen molar-refractivity contribution in [3.8, 4) is 5.75 Å². The van der Waals surface area contributed by atoms with Crippen LogP contribution >= 0.6 is 0 Å². The molecule has 6 nitrogen and oxygen atoms in total. The van der Waals surface area contributed by atoms with Gasteiger partial charge in [-0.3, -0.25) is 9.59 Å². The number of carbonyl (C=O) groups is 2. The second-order valence-corrected chi connectivity index (χ2v) is 8.18. The van der Waals surface area contributed by atoms with E-state index in [1.165, 1.54) is 19.3 Å². The molecule has 0 radical (unpaired) electrons. The van der Waals surface area contributed by atoms with Crippen molar-refractivity contribution >= 4 is 23.6 Å². The minimum atomic E-state index is -0.329. The SMILES string of the molecule is CC1CCCCN1CCCNC(=O)c1ccc2c(c1)NC(=O)C(=Cc1ccccc1)O2. The number of rotatable bonds is 6. The van der Waals surface area contributed by atoms with Crippen LogP contribution in [0.1, 0.15) is 48.5 Å². The molecule has 1 atom stereocenters. The quantitative estimate of drug-likeness (QED) is 0.547. The van der Waals surface area contributed by atoms with E-state index < -0.39 is 0 Å². The standard InChI is InChI=1S/C25H29N3O3/c1-18-8-5-6-14-28(18)15-7-13-26-24(29)20-11-12-22-21(17-20)27-25(30)23(31-22)16-19-9-3-2-4-10-19/h2-4,9-12,16-18H,5-8,13-15H2,1H3,(H,26,29)(H,27,30). The van der Waals surface area contributed by atoms with Crippen molar-refractivity contribution < 1.29 is 14.3 Å². The van der Waals surface area contributed by atoms with Crippen molar-refractivity contribution in [1.82, 2.24) is 10.2 Å². The average molecular weight is 420 g/mol. The summed E-state index contributed by atoms with van der Waals surface area (Å²) >= 11 is 0. The van der Waals surface area contributed by atoms with Gasteiger partial charge in [-0.15, -0.1) is 0 Å². The Morgan fingerprint density at radius 1 is 1.23 bits per heavy atom. The zero-order chi connectivity index (χ0) is 21.6. The van der Waals surface area contributed by atoms with Crippen molar-refractivity contribution in [3.63, 3.8) is 0 Å². The van der Waals surface area contributed by atoms with Crippen molar-refractivity contribution in [2.75, 3.05) is 25.0 Å². The number of anilines is 1. The lowest BCUT2D eigenvalue weighted by Gasteiger charge is -2.33. The fraction of sp³-hybridized carbons (Fsp3) is 0.360. The maximum Gasteiger partial charge on any atom is 0.291 e. The number of benzene rings is 2. The molecule has 0 saturated carbocycles. The fourth-order valence-corrected chi connectivity index (χ4v) is 4.08. The molecule has 2 heterocycles. The van der Waals surface area contributed by atoms with Gasteiger partial charge in [0.15, 0.2) is 11.5 Å². The highest BCUT2D eigenvalue weighted by Gasteiger charge is 2.23. The van der Waals surface area contributed by atoms with Crippen LogP contribution in [-0.4, -0.2) is 42.4 Å². The van der Waals surface area contributed by atoms with Crippen LogP contribution in [0.5, 0.6) is 5.75 Å². The van der Waals surface area contributed by atoms with Crippen LogP contribution in [0.25, 0.3) is 6.08 Å². The van der Waals surface area contributed by atoms with Crippen LogP contribution in [0.3, 0.4) is 0 Å². The minimum absolute atomic E-state index is 0.144. The smallest absolute Gasteiger partial charge is 0.291 e. The summed E-state index contributed by atoms with van der Waals surface area (Å²) in [6, 6.07) is 15.3. The highest BCUT2D eigenvalue weighted by Crippen LogP contribution is 2.32. The van der Waals surface area contributed by atoms with Gasteiger partial charge in [0.05, 0.1) is 5.69 Å². The molecule has 4 rings (SSSR count). The summed E-state index contributed by atoms with van der Waals surface area (Å²) in [7, 11) is 0. The van der Waals surface area contributed by atoms with E-state index in [1.54, 1.807) is 24.3 Å². The number of hydrogen-bond acceptors (Lipinski definition) is 4. The molecular formula is C25H29N3O3. The molecule has 2 N–H and O–H groups in total. The summed E-state index contributed by atoms with van der Waals surface area (Å²) in [5.41, 5.74) is 1.89. The van der Waals surface area contributed by atoms with Gasteiger partial charge in [0.1, 0.15) is 0 Å². The predicted octanol–water partition coefficient (Wildman–Crippen LogP) is 4.05. The number of carbonyl (C=O) groups excluding carboxylic acids is 2. The van der Waals surface area contributed by atoms with Crippen molar-refractivity contribution in [1.29, 1.82) is 0 Å². The number of ether oxygens (including phenoxy) is 1. The molecule has 2 aromatic carbocycles. The van der Waals surface area contributed by atoms with Gasteiger partial charge in [-0.1, -0.05) is 36.8 Å². The molecule has 0 spiro atoms. The third kappa shape index (κ3) is 5.33. The molecule has 6 heteroatoms. The Balaban J connectivity index is 1.33. The number of nitrogens with zero attached hydrogens (tertiary/aromatic N) is 1. The first-order valence-corrected chi connectivity index (χ1v) is 11.0. The van der Waals surface area contributed by atoms with E-state index >= 15 is 0 Å². The number of likely N-dealkylation sites (tertiary alicyclic amines) is 1. The molecule has 1 saturated heterocycles. The Kier molecular flexibility index (Phi) is 6.67. The van der Waals surface area contributed by atoms with Gasteiger partial charge in [-0.2, -0.15) is 0 Å². The molecule has 2 aliphatic rings. The van der Waals surface area contributed by atoms with Gasteiger partial charge in [-0.05, 0) is 62.6 Å². The molecular weight excluding hydrogens is 390 g/mol. The van der Waals surface area contributed by atoms with E-state index in [1.807, 2.05) is 30.3 Å². The second kappa shape index (κ2) is 9.79. The molecule has 162 valence electrons. The Hall–Kier alpha value is -3.12. The molecule has 2 amide bonds. The molecule has 2 aromatic rings. The van der Waals surface area contributed by atoms with Crippen molar-refractivity contribution in [2.45, 2.75) is 38.6 Å². The normalized spacial score (nSPS) is 20.0. The van der Waals surface area contributed by atoms with Crippen LogP contribution in [0.2, 0.25) is 0 Å². The highest BCUT2D eigenvalue weighted by atomic mass is 16.5. The molecule has 0 bridgehead atoms. The summed E-state index contributed by atoms with van der Waals surface area (Å²) in [6.07, 6.45) is 6.46. The Labute approximate surface area is 183 Å². The van der Waals surface area contributed by atoms with Crippen LogP contribution in [-0.2, 0) is 4.79 Å². The van der Waals surface area contributed by atoms with Crippen LogP contribution < -0.4 is 15.4 Å². The van der Waals surface area contributed by atoms with E-state index in [4.69, 9.17) is 4.74 Å². The Morgan fingerprint density at radius 3 is 2.87 bits per heavy atom. The maximum atomic E-state index is 12.5. The number of fused-ring (bicyclic) bond motifs is 1. The summed E-state index contributed by atoms with van der Waals surface area (Å²) in [5.74, 6) is 0.277. The van der Waals surface area contributed by atoms with Gasteiger partial charge in [0.25, 0.3) is 11.8 Å². The maximum absolute atomic E-state index is 12.5. The second-order valence-electron chi connectivity index (χ2n) is 8.18. The van der Waals surface area contributed by atoms with Crippen LogP contribution in [0.15, 0.2) is 54.3 Å². The number of nitrogens with one attached hydrogen (secondary N) is 2. The third-order valence-electron chi connectivity index (χ3n) is 5.88. The van der Waals surface area contributed by atoms with E-state index in [2.05, 4.69) is 22.5 Å². The Morgan fingerprint density at radius 2 is 2.06 bits per heavy atom. The lowest BCUT2D eigenvalue weighted by molar-refractivity contribution is -0.115. The molecule has 0 aliphatic carbocycles. The highest BCUT2D eigenvalue weighted by molar-refractivity contribution is 6.09. The fourth-order valence-electron chi connectivity index (χ4n) is 4.08. The molecule has 1 fully saturated rings. The predicted molar refractivity (Wildman–Crippen MR) is 122 cm³/mol. The molecule has 0 aromatic heterocycles. The number of piperidine rings is 1. The van der Waals surface area contributed by atoms with Gasteiger partial charge < -0.3 is 20.3 Å². The number of amides is 2. The van der Waals surface area contributed by atoms with Crippen molar-refractivity contribution in [2.24, 2.45) is 0 Å². The topological polar surface area (TPSA) is 70.7 Å². The average Bonchev–Trinajstić information content (AvgIpc) is 2.78. The van der Waals surface area contributed by atoms with E-state index in [0.29, 0.717) is 29.6 Å². The zero-order valence-electron chi connectivity index (χ0n) is 17.9. The van der Waals surface area contributed by atoms with Gasteiger partial charge in [0.2, 0.25) is 0 Å². The summed E-state index contributed by atoms with van der Waals surface area (Å²) in [4.78, 5) is 27.5. The van der Waals surface area contributed by atoms with E-state index in [0.717, 1.165) is 25.1 Å². The molecule has 31 heavy (non-hydrogen) atoms. The van der Waals surface area contributed by atoms with Crippen molar-refractivity contribution in [3.05, 3.63) is 65.4 Å². The number of hydrogen-bond donors (Lipinski definition) is 2. The summed E-state index contributed by atoms with van der Waals surface area (Å²) in [5, 5.41) is 5.80. The monoisotopic (exact) mass is 419 g/mol. The lowest BCUT2D eigenvalue weighted by Crippen LogP contribution is -2.39. The molecule has 2 aliphatic heterocycles. The van der Waals surface area contributed by atoms with Gasteiger partial charge in [0, 0.05) is 24.7 Å². The third-order valence-corrected chi connectivity index (χ3v) is 5.88. The van der Waals surface area contributed by atoms with E-state index in [9.17, 15) is 9.59 Å². The van der Waals surface area contributed by atoms with Gasteiger partial charge >= 0.3 is 0 Å². The molecule has 1 unspecified atom stereocenters. The largest absolute Gasteiger partial charge is 0.449 e. The van der Waals surface area contributed by atoms with Crippen LogP contribution in [0, 0.1) is 0 Å².